The van der Waals surface area contributed by atoms with Gasteiger partial charge in [0.1, 0.15) is 0 Å². The number of hydrogen-bond donors (Lipinski definition) is 0. The van der Waals surface area contributed by atoms with E-state index in [0.29, 0.717) is 0 Å². The third-order valence-corrected chi connectivity index (χ3v) is 2.90. The van der Waals surface area contributed by atoms with Crippen LogP contribution in [0.4, 0.5) is 5.69 Å². The Morgan fingerprint density at radius 2 is 1.35 bits per heavy atom. The van der Waals surface area contributed by atoms with Gasteiger partial charge in [0.05, 0.1) is 0 Å². The van der Waals surface area contributed by atoms with Gasteiger partial charge in [0, 0.05) is 18.8 Å². The molecule has 0 amide bonds. The average Bonchev–Trinajstić information content (AvgIpc) is 2.45. The lowest BCUT2D eigenvalue weighted by molar-refractivity contribution is 0.438. The Kier molecular flexibility index (Phi) is 9.60. The summed E-state index contributed by atoms with van der Waals surface area (Å²) in [6.45, 7) is 12.8. The van der Waals surface area contributed by atoms with Gasteiger partial charge < -0.3 is 4.90 Å². The minimum absolute atomic E-state index is 0.917. The van der Waals surface area contributed by atoms with Crippen LogP contribution in [0.5, 0.6) is 0 Å². The topological polar surface area (TPSA) is 3.24 Å². The lowest BCUT2D eigenvalue weighted by Crippen LogP contribution is -2.32. The second-order valence-corrected chi connectivity index (χ2v) is 4.01. The molecule has 1 aliphatic rings. The first-order valence-corrected chi connectivity index (χ1v) is 7.16. The van der Waals surface area contributed by atoms with Gasteiger partial charge in [0.15, 0.2) is 0 Å². The molecule has 0 atom stereocenters. The second-order valence-electron chi connectivity index (χ2n) is 4.01. The molecule has 1 heteroatoms. The standard InChI is InChI=1S/C12H17N.2C2H6/c1-11-7-9-13(10-8-11)12-5-3-2-4-6-12;2*1-2/h2-6,11H,7-10H2,1H3;2*1-2H3. The predicted molar refractivity (Wildman–Crippen MR) is 79.7 cm³/mol. The number of hydrogen-bond acceptors (Lipinski definition) is 1. The third-order valence-electron chi connectivity index (χ3n) is 2.90. The van der Waals surface area contributed by atoms with E-state index in [0.717, 1.165) is 5.92 Å². The summed E-state index contributed by atoms with van der Waals surface area (Å²) in [7, 11) is 0. The monoisotopic (exact) mass is 235 g/mol. The molecule has 0 bridgehead atoms. The predicted octanol–water partition coefficient (Wildman–Crippen LogP) is 4.98. The zero-order chi connectivity index (χ0) is 13.1. The highest BCUT2D eigenvalue weighted by Gasteiger charge is 2.15. The Hall–Kier alpha value is -0.980. The van der Waals surface area contributed by atoms with Crippen LogP contribution in [0, 0.1) is 5.92 Å². The molecule has 0 N–H and O–H groups in total. The van der Waals surface area contributed by atoms with Crippen LogP contribution >= 0.6 is 0 Å². The molecule has 1 aromatic rings. The Morgan fingerprint density at radius 1 is 0.882 bits per heavy atom. The van der Waals surface area contributed by atoms with Crippen molar-refractivity contribution in [1.82, 2.24) is 0 Å². The smallest absolute Gasteiger partial charge is 0.0366 e. The van der Waals surface area contributed by atoms with E-state index in [1.807, 2.05) is 27.7 Å². The number of para-hydroxylation sites is 1. The quantitative estimate of drug-likeness (QED) is 0.664. The van der Waals surface area contributed by atoms with Gasteiger partial charge in [0.2, 0.25) is 0 Å². The molecule has 0 spiro atoms. The SMILES string of the molecule is CC.CC.CC1CCN(c2ccccc2)CC1. The summed E-state index contributed by atoms with van der Waals surface area (Å²) in [4.78, 5) is 2.49. The highest BCUT2D eigenvalue weighted by Crippen LogP contribution is 2.21. The molecule has 1 nitrogen and oxygen atoms in total. The summed E-state index contributed by atoms with van der Waals surface area (Å²) in [6, 6.07) is 10.7. The van der Waals surface area contributed by atoms with E-state index in [1.165, 1.54) is 31.6 Å². The van der Waals surface area contributed by atoms with Crippen LogP contribution in [0.1, 0.15) is 47.5 Å². The van der Waals surface area contributed by atoms with E-state index >= 15 is 0 Å². The van der Waals surface area contributed by atoms with Crippen LogP contribution < -0.4 is 4.90 Å². The van der Waals surface area contributed by atoms with Gasteiger partial charge in [-0.25, -0.2) is 0 Å². The maximum atomic E-state index is 2.49. The van der Waals surface area contributed by atoms with Crippen LogP contribution in [0.25, 0.3) is 0 Å². The summed E-state index contributed by atoms with van der Waals surface area (Å²) < 4.78 is 0. The molecule has 0 saturated carbocycles. The van der Waals surface area contributed by atoms with Crippen LogP contribution in [-0.4, -0.2) is 13.1 Å². The summed E-state index contributed by atoms with van der Waals surface area (Å²) >= 11 is 0. The Bertz CT molecular complexity index is 247. The van der Waals surface area contributed by atoms with Gasteiger partial charge in [-0.3, -0.25) is 0 Å². The van der Waals surface area contributed by atoms with Crippen molar-refractivity contribution in [3.63, 3.8) is 0 Å². The highest BCUT2D eigenvalue weighted by molar-refractivity contribution is 5.46. The zero-order valence-corrected chi connectivity index (χ0v) is 12.2. The average molecular weight is 235 g/mol. The molecule has 17 heavy (non-hydrogen) atoms. The number of rotatable bonds is 1. The molecule has 1 heterocycles. The Labute approximate surface area is 108 Å². The van der Waals surface area contributed by atoms with Crippen molar-refractivity contribution >= 4 is 5.69 Å². The van der Waals surface area contributed by atoms with E-state index in [1.54, 1.807) is 0 Å². The van der Waals surface area contributed by atoms with Gasteiger partial charge in [0.25, 0.3) is 0 Å². The van der Waals surface area contributed by atoms with Crippen molar-refractivity contribution in [2.24, 2.45) is 5.92 Å². The fourth-order valence-corrected chi connectivity index (χ4v) is 1.91. The lowest BCUT2D eigenvalue weighted by Gasteiger charge is -2.32. The fourth-order valence-electron chi connectivity index (χ4n) is 1.91. The van der Waals surface area contributed by atoms with Crippen molar-refractivity contribution in [2.75, 3.05) is 18.0 Å². The number of nitrogens with zero attached hydrogens (tertiary/aromatic N) is 1. The minimum Gasteiger partial charge on any atom is -0.372 e. The molecule has 98 valence electrons. The van der Waals surface area contributed by atoms with E-state index in [4.69, 9.17) is 0 Å². The van der Waals surface area contributed by atoms with Gasteiger partial charge in [-0.05, 0) is 30.9 Å². The van der Waals surface area contributed by atoms with Gasteiger partial charge in [-0.1, -0.05) is 52.8 Å². The van der Waals surface area contributed by atoms with E-state index in [-0.39, 0.29) is 0 Å². The zero-order valence-electron chi connectivity index (χ0n) is 12.2. The van der Waals surface area contributed by atoms with Crippen molar-refractivity contribution in [3.05, 3.63) is 30.3 Å². The third kappa shape index (κ3) is 5.76. The Balaban J connectivity index is 0.000000581. The molecule has 0 aromatic heterocycles. The molecule has 2 rings (SSSR count). The summed E-state index contributed by atoms with van der Waals surface area (Å²) in [5, 5.41) is 0. The first-order valence-electron chi connectivity index (χ1n) is 7.16. The van der Waals surface area contributed by atoms with Crippen LogP contribution in [-0.2, 0) is 0 Å². The summed E-state index contributed by atoms with van der Waals surface area (Å²) in [6.07, 6.45) is 2.68. The molecule has 0 aliphatic carbocycles. The molecule has 1 fully saturated rings. The van der Waals surface area contributed by atoms with Gasteiger partial charge >= 0.3 is 0 Å². The van der Waals surface area contributed by atoms with Gasteiger partial charge in [-0.2, -0.15) is 0 Å². The van der Waals surface area contributed by atoms with E-state index in [9.17, 15) is 0 Å². The maximum absolute atomic E-state index is 2.49. The maximum Gasteiger partial charge on any atom is 0.0366 e. The fraction of sp³-hybridized carbons (Fsp3) is 0.625. The molecule has 1 aliphatic heterocycles. The number of anilines is 1. The van der Waals surface area contributed by atoms with Crippen LogP contribution in [0.2, 0.25) is 0 Å². The molecular formula is C16H29N. The van der Waals surface area contributed by atoms with Gasteiger partial charge in [-0.15, -0.1) is 0 Å². The molecule has 0 radical (unpaired) electrons. The van der Waals surface area contributed by atoms with Crippen LogP contribution in [0.3, 0.4) is 0 Å². The molecule has 1 aromatic carbocycles. The van der Waals surface area contributed by atoms with Crippen molar-refractivity contribution in [1.29, 1.82) is 0 Å². The van der Waals surface area contributed by atoms with Crippen molar-refractivity contribution < 1.29 is 0 Å². The van der Waals surface area contributed by atoms with Crippen LogP contribution in [0.15, 0.2) is 30.3 Å². The van der Waals surface area contributed by atoms with E-state index < -0.39 is 0 Å². The first kappa shape index (κ1) is 16.0. The molecule has 1 saturated heterocycles. The van der Waals surface area contributed by atoms with Crippen molar-refractivity contribution in [3.8, 4) is 0 Å². The number of benzene rings is 1. The lowest BCUT2D eigenvalue weighted by atomic mass is 9.99. The molecule has 0 unspecified atom stereocenters. The second kappa shape index (κ2) is 10.2. The summed E-state index contributed by atoms with van der Waals surface area (Å²) in [5.41, 5.74) is 1.38. The van der Waals surface area contributed by atoms with Crippen molar-refractivity contribution in [2.45, 2.75) is 47.5 Å². The normalized spacial score (nSPS) is 15.2. The Morgan fingerprint density at radius 3 is 1.82 bits per heavy atom. The molecular weight excluding hydrogens is 206 g/mol. The minimum atomic E-state index is 0.917. The van der Waals surface area contributed by atoms with E-state index in [2.05, 4.69) is 42.2 Å². The number of piperidine rings is 1. The largest absolute Gasteiger partial charge is 0.372 e. The summed E-state index contributed by atoms with van der Waals surface area (Å²) in [5.74, 6) is 0.917. The highest BCUT2D eigenvalue weighted by atomic mass is 15.1. The first-order chi connectivity index (χ1) is 8.36.